The summed E-state index contributed by atoms with van der Waals surface area (Å²) < 4.78 is 0. The van der Waals surface area contributed by atoms with Crippen molar-refractivity contribution in [2.75, 3.05) is 14.1 Å². The number of nitrogens with zero attached hydrogens (tertiary/aromatic N) is 2. The van der Waals surface area contributed by atoms with Gasteiger partial charge in [0.15, 0.2) is 0 Å². The number of hydrogen-bond donors (Lipinski definition) is 0. The van der Waals surface area contributed by atoms with Gasteiger partial charge in [-0.3, -0.25) is 9.59 Å². The summed E-state index contributed by atoms with van der Waals surface area (Å²) in [5, 5.41) is 2.23. The second kappa shape index (κ2) is 2.83. The quantitative estimate of drug-likeness (QED) is 0.582. The lowest BCUT2D eigenvalue weighted by Gasteiger charge is -2.20. The minimum absolute atomic E-state index is 0.134. The predicted molar refractivity (Wildman–Crippen MR) is 43.0 cm³/mol. The van der Waals surface area contributed by atoms with Crippen LogP contribution in [0.5, 0.6) is 0 Å². The molecule has 5 heteroatoms. The monoisotopic (exact) mass is 174 g/mol. The van der Waals surface area contributed by atoms with Crippen LogP contribution < -0.4 is 0 Å². The zero-order chi connectivity index (χ0) is 8.59. The van der Waals surface area contributed by atoms with Crippen LogP contribution >= 0.6 is 11.8 Å². The summed E-state index contributed by atoms with van der Waals surface area (Å²) in [7, 11) is 3.35. The average molecular weight is 174 g/mol. The maximum Gasteiger partial charge on any atom is 0.303 e. The Labute approximate surface area is 69.5 Å². The third kappa shape index (κ3) is 1.39. The van der Waals surface area contributed by atoms with E-state index in [1.54, 1.807) is 21.0 Å². The number of imide groups is 1. The van der Waals surface area contributed by atoms with Gasteiger partial charge in [-0.15, -0.1) is 0 Å². The number of rotatable bonds is 1. The molecular formula is C6H10N2O2S. The highest BCUT2D eigenvalue weighted by Gasteiger charge is 2.38. The second-order valence-corrected chi connectivity index (χ2v) is 3.82. The first-order valence-corrected chi connectivity index (χ1v) is 4.14. The molecule has 0 saturated carbocycles. The van der Waals surface area contributed by atoms with Gasteiger partial charge in [0.2, 0.25) is 0 Å². The van der Waals surface area contributed by atoms with Crippen molar-refractivity contribution in [2.45, 2.75) is 12.2 Å². The van der Waals surface area contributed by atoms with E-state index in [0.717, 1.165) is 16.8 Å². The molecule has 62 valence electrons. The van der Waals surface area contributed by atoms with E-state index in [1.807, 2.05) is 0 Å². The van der Waals surface area contributed by atoms with E-state index in [0.29, 0.717) is 0 Å². The summed E-state index contributed by atoms with van der Waals surface area (Å²) in [6.07, 6.45) is 0. The van der Waals surface area contributed by atoms with Crippen LogP contribution in [0.2, 0.25) is 0 Å². The van der Waals surface area contributed by atoms with Crippen LogP contribution in [-0.2, 0) is 4.79 Å². The Morgan fingerprint density at radius 1 is 1.45 bits per heavy atom. The fourth-order valence-corrected chi connectivity index (χ4v) is 1.73. The van der Waals surface area contributed by atoms with E-state index in [1.165, 1.54) is 5.01 Å². The summed E-state index contributed by atoms with van der Waals surface area (Å²) in [6.45, 7) is 1.73. The van der Waals surface area contributed by atoms with Crippen LogP contribution in [0, 0.1) is 0 Å². The first-order valence-electron chi connectivity index (χ1n) is 3.26. The van der Waals surface area contributed by atoms with Crippen molar-refractivity contribution in [3.63, 3.8) is 0 Å². The first kappa shape index (κ1) is 8.55. The number of hydrazine groups is 1. The van der Waals surface area contributed by atoms with Crippen molar-refractivity contribution in [3.8, 4) is 0 Å². The zero-order valence-electron chi connectivity index (χ0n) is 6.70. The molecule has 0 spiro atoms. The SMILES string of the molecule is CC1SC(=O)N(N(C)C)C1=O. The Balaban J connectivity index is 2.80. The lowest BCUT2D eigenvalue weighted by Crippen LogP contribution is -2.41. The van der Waals surface area contributed by atoms with Crippen LogP contribution in [0.15, 0.2) is 0 Å². The lowest BCUT2D eigenvalue weighted by molar-refractivity contribution is -0.135. The van der Waals surface area contributed by atoms with Gasteiger partial charge in [0.25, 0.3) is 5.91 Å². The van der Waals surface area contributed by atoms with Crippen molar-refractivity contribution in [2.24, 2.45) is 0 Å². The van der Waals surface area contributed by atoms with E-state index in [4.69, 9.17) is 0 Å². The van der Waals surface area contributed by atoms with Gasteiger partial charge in [0.1, 0.15) is 0 Å². The van der Waals surface area contributed by atoms with E-state index in [2.05, 4.69) is 0 Å². The molecule has 0 aliphatic carbocycles. The van der Waals surface area contributed by atoms with Gasteiger partial charge in [-0.05, 0) is 18.7 Å². The van der Waals surface area contributed by atoms with Crippen molar-refractivity contribution in [1.29, 1.82) is 0 Å². The Bertz CT molecular complexity index is 205. The summed E-state index contributed by atoms with van der Waals surface area (Å²) in [4.78, 5) is 22.3. The predicted octanol–water partition coefficient (Wildman–Crippen LogP) is 0.547. The Hall–Kier alpha value is -0.550. The minimum Gasteiger partial charge on any atom is -0.272 e. The molecule has 1 fully saturated rings. The van der Waals surface area contributed by atoms with Crippen LogP contribution in [0.1, 0.15) is 6.92 Å². The van der Waals surface area contributed by atoms with Crippen LogP contribution in [0.25, 0.3) is 0 Å². The first-order chi connectivity index (χ1) is 5.04. The third-order valence-corrected chi connectivity index (χ3v) is 2.34. The van der Waals surface area contributed by atoms with Crippen molar-refractivity contribution in [1.82, 2.24) is 10.0 Å². The summed E-state index contributed by atoms with van der Waals surface area (Å²) >= 11 is 1.06. The van der Waals surface area contributed by atoms with E-state index >= 15 is 0 Å². The van der Waals surface area contributed by atoms with Gasteiger partial charge >= 0.3 is 5.24 Å². The summed E-state index contributed by atoms with van der Waals surface area (Å²) in [5.41, 5.74) is 0. The Morgan fingerprint density at radius 2 is 2.00 bits per heavy atom. The Kier molecular flexibility index (Phi) is 2.20. The fourth-order valence-electron chi connectivity index (χ4n) is 0.874. The molecule has 1 rings (SSSR count). The molecule has 1 atom stereocenters. The molecule has 0 aromatic heterocycles. The zero-order valence-corrected chi connectivity index (χ0v) is 7.51. The normalized spacial score (nSPS) is 25.5. The standard InChI is InChI=1S/C6H10N2O2S/c1-4-5(9)8(7(2)3)6(10)11-4/h4H,1-3H3. The number of thioether (sulfide) groups is 1. The molecule has 2 amide bonds. The second-order valence-electron chi connectivity index (χ2n) is 2.52. The van der Waals surface area contributed by atoms with Crippen LogP contribution in [0.4, 0.5) is 4.79 Å². The molecule has 11 heavy (non-hydrogen) atoms. The van der Waals surface area contributed by atoms with Crippen LogP contribution in [-0.4, -0.2) is 40.5 Å². The molecule has 1 aliphatic heterocycles. The molecule has 4 nitrogen and oxygen atoms in total. The highest BCUT2D eigenvalue weighted by molar-refractivity contribution is 8.15. The molecule has 0 bridgehead atoms. The molecule has 1 unspecified atom stereocenters. The Morgan fingerprint density at radius 3 is 2.18 bits per heavy atom. The fraction of sp³-hybridized carbons (Fsp3) is 0.667. The van der Waals surface area contributed by atoms with Gasteiger partial charge in [0.05, 0.1) is 5.25 Å². The van der Waals surface area contributed by atoms with Crippen LogP contribution in [0.3, 0.4) is 0 Å². The van der Waals surface area contributed by atoms with Crippen molar-refractivity contribution < 1.29 is 9.59 Å². The number of carbonyl (C=O) groups is 2. The van der Waals surface area contributed by atoms with Gasteiger partial charge in [-0.1, -0.05) is 0 Å². The third-order valence-electron chi connectivity index (χ3n) is 1.41. The molecule has 1 saturated heterocycles. The van der Waals surface area contributed by atoms with E-state index in [9.17, 15) is 9.59 Å². The lowest BCUT2D eigenvalue weighted by atomic mass is 10.4. The van der Waals surface area contributed by atoms with Gasteiger partial charge < -0.3 is 0 Å². The molecule has 1 heterocycles. The molecule has 0 aromatic rings. The molecule has 1 aliphatic rings. The highest BCUT2D eigenvalue weighted by Crippen LogP contribution is 2.26. The average Bonchev–Trinajstić information content (AvgIpc) is 2.07. The molecular weight excluding hydrogens is 164 g/mol. The van der Waals surface area contributed by atoms with E-state index < -0.39 is 0 Å². The number of hydrogen-bond acceptors (Lipinski definition) is 4. The topological polar surface area (TPSA) is 40.6 Å². The largest absolute Gasteiger partial charge is 0.303 e. The maximum atomic E-state index is 11.2. The van der Waals surface area contributed by atoms with E-state index in [-0.39, 0.29) is 16.4 Å². The summed E-state index contributed by atoms with van der Waals surface area (Å²) in [5.74, 6) is -0.134. The van der Waals surface area contributed by atoms with Gasteiger partial charge in [0, 0.05) is 14.1 Å². The molecule has 0 N–H and O–H groups in total. The van der Waals surface area contributed by atoms with Crippen molar-refractivity contribution in [3.05, 3.63) is 0 Å². The van der Waals surface area contributed by atoms with Crippen molar-refractivity contribution >= 4 is 22.9 Å². The van der Waals surface area contributed by atoms with Gasteiger partial charge in [-0.2, -0.15) is 0 Å². The van der Waals surface area contributed by atoms with Gasteiger partial charge in [-0.25, -0.2) is 10.0 Å². The molecule has 0 aromatic carbocycles. The minimum atomic E-state index is -0.232. The number of amides is 2. The number of carbonyl (C=O) groups excluding carboxylic acids is 2. The summed E-state index contributed by atoms with van der Waals surface area (Å²) in [6, 6.07) is 0. The highest BCUT2D eigenvalue weighted by atomic mass is 32.2. The maximum absolute atomic E-state index is 11.2. The smallest absolute Gasteiger partial charge is 0.272 e. The molecule has 0 radical (unpaired) electrons.